The molecule has 6 nitrogen and oxygen atoms in total. The first kappa shape index (κ1) is 18.7. The number of amides is 2. The highest BCUT2D eigenvalue weighted by Gasteiger charge is 2.32. The minimum absolute atomic E-state index is 0.0971. The van der Waals surface area contributed by atoms with Gasteiger partial charge in [-0.2, -0.15) is 0 Å². The minimum Gasteiger partial charge on any atom is -0.459 e. The quantitative estimate of drug-likeness (QED) is 0.580. The van der Waals surface area contributed by atoms with Gasteiger partial charge >= 0.3 is 5.97 Å². The number of carbonyl (C=O) groups excluding carboxylic acids is 3. The monoisotopic (exact) mass is 320 g/mol. The second-order valence-electron chi connectivity index (χ2n) is 5.57. The van der Waals surface area contributed by atoms with Crippen LogP contribution in [-0.2, 0) is 25.7 Å². The summed E-state index contributed by atoms with van der Waals surface area (Å²) in [7, 11) is 1.49. The summed E-state index contributed by atoms with van der Waals surface area (Å²) in [5.41, 5.74) is 5.92. The number of esters is 1. The first-order valence-corrected chi connectivity index (χ1v) is 7.61. The van der Waals surface area contributed by atoms with Gasteiger partial charge in [-0.25, -0.2) is 4.79 Å². The molecule has 2 unspecified atom stereocenters. The van der Waals surface area contributed by atoms with E-state index in [1.165, 1.54) is 11.9 Å². The highest BCUT2D eigenvalue weighted by atomic mass is 16.5. The fourth-order valence-corrected chi connectivity index (χ4v) is 2.24. The Kier molecular flexibility index (Phi) is 7.25. The molecule has 0 aliphatic carbocycles. The Bertz CT molecular complexity index is 545. The molecule has 0 fully saturated rings. The van der Waals surface area contributed by atoms with E-state index in [4.69, 9.17) is 10.5 Å². The molecule has 6 heteroatoms. The highest BCUT2D eigenvalue weighted by Crippen LogP contribution is 2.17. The predicted molar refractivity (Wildman–Crippen MR) is 86.1 cm³/mol. The third kappa shape index (κ3) is 5.73. The van der Waals surface area contributed by atoms with Crippen LogP contribution in [0.4, 0.5) is 0 Å². The van der Waals surface area contributed by atoms with Gasteiger partial charge < -0.3 is 15.4 Å². The third-order valence-electron chi connectivity index (χ3n) is 3.78. The number of hydrogen-bond acceptors (Lipinski definition) is 4. The van der Waals surface area contributed by atoms with Crippen molar-refractivity contribution in [2.45, 2.75) is 39.3 Å². The van der Waals surface area contributed by atoms with Crippen LogP contribution in [0, 0.1) is 5.92 Å². The number of carbonyl (C=O) groups is 3. The number of nitrogens with zero attached hydrogens (tertiary/aromatic N) is 1. The van der Waals surface area contributed by atoms with Crippen molar-refractivity contribution < 1.29 is 19.1 Å². The number of nitrogens with two attached hydrogens (primary N) is 1. The Morgan fingerprint density at radius 2 is 1.83 bits per heavy atom. The molecule has 0 saturated heterocycles. The van der Waals surface area contributed by atoms with Gasteiger partial charge in [0, 0.05) is 7.05 Å². The average Bonchev–Trinajstić information content (AvgIpc) is 2.53. The Labute approximate surface area is 136 Å². The van der Waals surface area contributed by atoms with Crippen molar-refractivity contribution in [3.8, 4) is 0 Å². The van der Waals surface area contributed by atoms with Gasteiger partial charge in [-0.05, 0) is 11.5 Å². The SMILES string of the molecule is CCC(C)C(C(=O)OCc1ccccc1)N(C)C(=O)CC(N)=O. The summed E-state index contributed by atoms with van der Waals surface area (Å²) >= 11 is 0. The molecule has 0 aliphatic rings. The summed E-state index contributed by atoms with van der Waals surface area (Å²) in [5, 5.41) is 0. The first-order chi connectivity index (χ1) is 10.9. The number of primary amides is 1. The molecule has 1 aromatic rings. The molecule has 0 bridgehead atoms. The van der Waals surface area contributed by atoms with Crippen molar-refractivity contribution in [3.63, 3.8) is 0 Å². The van der Waals surface area contributed by atoms with Crippen molar-refractivity contribution in [3.05, 3.63) is 35.9 Å². The normalized spacial score (nSPS) is 13.0. The first-order valence-electron chi connectivity index (χ1n) is 7.61. The second-order valence-corrected chi connectivity index (χ2v) is 5.57. The van der Waals surface area contributed by atoms with Gasteiger partial charge in [0.25, 0.3) is 0 Å². The van der Waals surface area contributed by atoms with Crippen molar-refractivity contribution in [2.24, 2.45) is 11.7 Å². The number of hydrogen-bond donors (Lipinski definition) is 1. The van der Waals surface area contributed by atoms with Crippen molar-refractivity contribution in [1.82, 2.24) is 4.90 Å². The summed E-state index contributed by atoms with van der Waals surface area (Å²) < 4.78 is 5.34. The zero-order chi connectivity index (χ0) is 17.4. The van der Waals surface area contributed by atoms with Crippen LogP contribution in [0.2, 0.25) is 0 Å². The molecule has 23 heavy (non-hydrogen) atoms. The zero-order valence-electron chi connectivity index (χ0n) is 13.8. The Morgan fingerprint density at radius 1 is 1.22 bits per heavy atom. The molecule has 1 aromatic carbocycles. The highest BCUT2D eigenvalue weighted by molar-refractivity contribution is 5.97. The zero-order valence-corrected chi connectivity index (χ0v) is 13.8. The fraction of sp³-hybridized carbons (Fsp3) is 0.471. The molecule has 2 amide bonds. The van der Waals surface area contributed by atoms with Crippen LogP contribution < -0.4 is 5.73 Å². The van der Waals surface area contributed by atoms with E-state index in [1.54, 1.807) is 0 Å². The van der Waals surface area contributed by atoms with Crippen LogP contribution in [0.15, 0.2) is 30.3 Å². The predicted octanol–water partition coefficient (Wildman–Crippen LogP) is 1.48. The summed E-state index contributed by atoms with van der Waals surface area (Å²) in [6.07, 6.45) is 0.273. The van der Waals surface area contributed by atoms with E-state index in [0.29, 0.717) is 6.42 Å². The minimum atomic E-state index is -0.740. The standard InChI is InChI=1S/C17H24N2O4/c1-4-12(2)16(19(3)15(21)10-14(18)20)17(22)23-11-13-8-6-5-7-9-13/h5-9,12,16H,4,10-11H2,1-3H3,(H2,18,20). The van der Waals surface area contributed by atoms with Crippen LogP contribution >= 0.6 is 0 Å². The number of ether oxygens (including phenoxy) is 1. The smallest absolute Gasteiger partial charge is 0.329 e. The maximum Gasteiger partial charge on any atom is 0.329 e. The molecular formula is C17H24N2O4. The second kappa shape index (κ2) is 8.92. The van der Waals surface area contributed by atoms with Crippen LogP contribution in [0.5, 0.6) is 0 Å². The van der Waals surface area contributed by atoms with E-state index in [1.807, 2.05) is 44.2 Å². The van der Waals surface area contributed by atoms with Crippen LogP contribution in [0.3, 0.4) is 0 Å². The fourth-order valence-electron chi connectivity index (χ4n) is 2.24. The molecule has 2 N–H and O–H groups in total. The molecule has 2 atom stereocenters. The van der Waals surface area contributed by atoms with E-state index >= 15 is 0 Å². The maximum absolute atomic E-state index is 12.4. The van der Waals surface area contributed by atoms with E-state index < -0.39 is 30.2 Å². The van der Waals surface area contributed by atoms with Gasteiger partial charge in [-0.15, -0.1) is 0 Å². The number of benzene rings is 1. The van der Waals surface area contributed by atoms with E-state index in [0.717, 1.165) is 5.56 Å². The van der Waals surface area contributed by atoms with Crippen molar-refractivity contribution in [2.75, 3.05) is 7.05 Å². The molecule has 0 radical (unpaired) electrons. The van der Waals surface area contributed by atoms with E-state index in [-0.39, 0.29) is 12.5 Å². The lowest BCUT2D eigenvalue weighted by Crippen LogP contribution is -2.47. The van der Waals surface area contributed by atoms with Gasteiger partial charge in [0.2, 0.25) is 11.8 Å². The number of likely N-dealkylation sites (N-methyl/N-ethyl adjacent to an activating group) is 1. The Hall–Kier alpha value is -2.37. The molecule has 1 rings (SSSR count). The summed E-state index contributed by atoms with van der Waals surface area (Å²) in [6.45, 7) is 3.93. The van der Waals surface area contributed by atoms with Crippen LogP contribution in [-0.4, -0.2) is 35.8 Å². The molecule has 0 aliphatic heterocycles. The van der Waals surface area contributed by atoms with Gasteiger partial charge in [-0.3, -0.25) is 9.59 Å². The number of rotatable bonds is 8. The van der Waals surface area contributed by atoms with Gasteiger partial charge in [0.15, 0.2) is 0 Å². The van der Waals surface area contributed by atoms with Crippen LogP contribution in [0.1, 0.15) is 32.3 Å². The topological polar surface area (TPSA) is 89.7 Å². The van der Waals surface area contributed by atoms with E-state index in [2.05, 4.69) is 0 Å². The molecule has 0 spiro atoms. The maximum atomic E-state index is 12.4. The summed E-state index contributed by atoms with van der Waals surface area (Å²) in [5.74, 6) is -1.79. The molecule has 0 heterocycles. The third-order valence-corrected chi connectivity index (χ3v) is 3.78. The van der Waals surface area contributed by atoms with Gasteiger partial charge in [0.1, 0.15) is 19.1 Å². The van der Waals surface area contributed by atoms with Crippen LogP contribution in [0.25, 0.3) is 0 Å². The van der Waals surface area contributed by atoms with Crippen molar-refractivity contribution >= 4 is 17.8 Å². The lowest BCUT2D eigenvalue weighted by atomic mass is 9.97. The Morgan fingerprint density at radius 3 is 2.35 bits per heavy atom. The molecular weight excluding hydrogens is 296 g/mol. The molecule has 126 valence electrons. The average molecular weight is 320 g/mol. The van der Waals surface area contributed by atoms with Gasteiger partial charge in [0.05, 0.1) is 0 Å². The Balaban J connectivity index is 2.78. The summed E-state index contributed by atoms with van der Waals surface area (Å²) in [6, 6.07) is 8.57. The van der Waals surface area contributed by atoms with E-state index in [9.17, 15) is 14.4 Å². The lowest BCUT2D eigenvalue weighted by Gasteiger charge is -2.30. The molecule has 0 aromatic heterocycles. The summed E-state index contributed by atoms with van der Waals surface area (Å²) in [4.78, 5) is 36.6. The lowest BCUT2D eigenvalue weighted by molar-refractivity contribution is -0.158. The largest absolute Gasteiger partial charge is 0.459 e. The molecule has 0 saturated carbocycles. The van der Waals surface area contributed by atoms with Crippen molar-refractivity contribution in [1.29, 1.82) is 0 Å². The van der Waals surface area contributed by atoms with Gasteiger partial charge in [-0.1, -0.05) is 50.6 Å².